The minimum absolute atomic E-state index is 0.125. The number of hydrogen-bond acceptors (Lipinski definition) is 3. The number of nitrogens with zero attached hydrogens (tertiary/aromatic N) is 2. The van der Waals surface area contributed by atoms with Gasteiger partial charge in [0.15, 0.2) is 0 Å². The molecule has 1 aliphatic heterocycles. The third-order valence-corrected chi connectivity index (χ3v) is 3.09. The molecular formula is C13H18N2O2. The Morgan fingerprint density at radius 2 is 2.47 bits per heavy atom. The molecule has 0 radical (unpaired) electrons. The number of carbonyl (C=O) groups is 1. The highest BCUT2D eigenvalue weighted by atomic mass is 16.3. The Kier molecular flexibility index (Phi) is 3.74. The van der Waals surface area contributed by atoms with Crippen LogP contribution in [-0.2, 0) is 17.8 Å². The third kappa shape index (κ3) is 3.03. The fourth-order valence-corrected chi connectivity index (χ4v) is 2.07. The zero-order valence-corrected chi connectivity index (χ0v) is 10.1. The largest absolute Gasteiger partial charge is 0.393 e. The van der Waals surface area contributed by atoms with Gasteiger partial charge in [0.25, 0.3) is 0 Å². The number of aliphatic hydroxyl groups is 1. The lowest BCUT2D eigenvalue weighted by molar-refractivity contribution is -0.132. The quantitative estimate of drug-likeness (QED) is 0.853. The van der Waals surface area contributed by atoms with Gasteiger partial charge < -0.3 is 10.0 Å². The Morgan fingerprint density at radius 3 is 3.24 bits per heavy atom. The van der Waals surface area contributed by atoms with E-state index in [-0.39, 0.29) is 5.91 Å². The van der Waals surface area contributed by atoms with Crippen LogP contribution in [0.25, 0.3) is 0 Å². The highest BCUT2D eigenvalue weighted by Gasteiger charge is 2.20. The molecule has 2 rings (SSSR count). The fraction of sp³-hybridized carbons (Fsp3) is 0.538. The average molecular weight is 234 g/mol. The maximum Gasteiger partial charge on any atom is 0.222 e. The van der Waals surface area contributed by atoms with Crippen molar-refractivity contribution in [3.8, 4) is 0 Å². The zero-order valence-electron chi connectivity index (χ0n) is 10.1. The molecule has 17 heavy (non-hydrogen) atoms. The van der Waals surface area contributed by atoms with Crippen LogP contribution < -0.4 is 0 Å². The number of pyridine rings is 1. The molecule has 0 saturated carbocycles. The van der Waals surface area contributed by atoms with Crippen LogP contribution >= 0.6 is 0 Å². The van der Waals surface area contributed by atoms with Gasteiger partial charge in [0.05, 0.1) is 6.10 Å². The van der Waals surface area contributed by atoms with Crippen LogP contribution in [0.15, 0.2) is 18.3 Å². The van der Waals surface area contributed by atoms with E-state index in [1.165, 1.54) is 0 Å². The number of aromatic nitrogens is 1. The molecule has 4 nitrogen and oxygen atoms in total. The summed E-state index contributed by atoms with van der Waals surface area (Å²) in [6.45, 7) is 3.10. The molecule has 1 N–H and O–H groups in total. The molecule has 1 aromatic rings. The van der Waals surface area contributed by atoms with E-state index in [2.05, 4.69) is 4.98 Å². The van der Waals surface area contributed by atoms with E-state index in [1.54, 1.807) is 13.1 Å². The van der Waals surface area contributed by atoms with Crippen LogP contribution in [0.3, 0.4) is 0 Å². The van der Waals surface area contributed by atoms with Gasteiger partial charge in [0.1, 0.15) is 0 Å². The molecule has 0 aliphatic carbocycles. The van der Waals surface area contributed by atoms with Gasteiger partial charge in [0.2, 0.25) is 5.91 Å². The summed E-state index contributed by atoms with van der Waals surface area (Å²) >= 11 is 0. The van der Waals surface area contributed by atoms with Crippen LogP contribution in [-0.4, -0.2) is 33.5 Å². The molecule has 0 bridgehead atoms. The zero-order chi connectivity index (χ0) is 12.3. The summed E-state index contributed by atoms with van der Waals surface area (Å²) in [6, 6.07) is 3.93. The molecule has 1 aliphatic rings. The first kappa shape index (κ1) is 12.0. The summed E-state index contributed by atoms with van der Waals surface area (Å²) in [5, 5.41) is 9.18. The number of amides is 1. The van der Waals surface area contributed by atoms with Crippen molar-refractivity contribution in [2.24, 2.45) is 0 Å². The second-order valence-corrected chi connectivity index (χ2v) is 4.56. The van der Waals surface area contributed by atoms with Crippen molar-refractivity contribution in [3.05, 3.63) is 29.6 Å². The minimum atomic E-state index is -0.405. The minimum Gasteiger partial charge on any atom is -0.393 e. The molecule has 0 spiro atoms. The van der Waals surface area contributed by atoms with Crippen molar-refractivity contribution in [3.63, 3.8) is 0 Å². The van der Waals surface area contributed by atoms with Crippen molar-refractivity contribution in [2.45, 2.75) is 38.8 Å². The van der Waals surface area contributed by atoms with E-state index in [4.69, 9.17) is 0 Å². The summed E-state index contributed by atoms with van der Waals surface area (Å²) in [7, 11) is 0. The van der Waals surface area contributed by atoms with Gasteiger partial charge in [-0.05, 0) is 25.0 Å². The van der Waals surface area contributed by atoms with Crippen molar-refractivity contribution in [2.75, 3.05) is 6.54 Å². The Labute approximate surface area is 101 Å². The molecule has 0 saturated heterocycles. The molecule has 1 atom stereocenters. The lowest BCUT2D eigenvalue weighted by atomic mass is 10.1. The van der Waals surface area contributed by atoms with Gasteiger partial charge in [-0.2, -0.15) is 0 Å². The smallest absolute Gasteiger partial charge is 0.222 e. The number of rotatable bonds is 3. The van der Waals surface area contributed by atoms with Crippen LogP contribution in [0.5, 0.6) is 0 Å². The molecule has 1 amide bonds. The Balaban J connectivity index is 1.95. The third-order valence-electron chi connectivity index (χ3n) is 3.09. The Bertz CT molecular complexity index is 404. The second kappa shape index (κ2) is 5.27. The van der Waals surface area contributed by atoms with E-state index in [1.807, 2.05) is 17.0 Å². The first-order valence-corrected chi connectivity index (χ1v) is 6.05. The van der Waals surface area contributed by atoms with E-state index in [9.17, 15) is 9.90 Å². The molecule has 0 aromatic carbocycles. The lowest BCUT2D eigenvalue weighted by Crippen LogP contribution is -2.36. The van der Waals surface area contributed by atoms with Crippen LogP contribution in [0.4, 0.5) is 0 Å². The molecule has 1 unspecified atom stereocenters. The fourth-order valence-electron chi connectivity index (χ4n) is 2.07. The summed E-state index contributed by atoms with van der Waals surface area (Å²) in [5.74, 6) is 0.125. The summed E-state index contributed by atoms with van der Waals surface area (Å²) in [6.07, 6.45) is 3.18. The summed E-state index contributed by atoms with van der Waals surface area (Å²) in [4.78, 5) is 18.1. The standard InChI is InChI=1S/C13H18N2O2/c1-10(16)4-5-13(17)15-8-6-12-11(9-15)3-2-7-14-12/h2-3,7,10,16H,4-6,8-9H2,1H3. The second-order valence-electron chi connectivity index (χ2n) is 4.56. The van der Waals surface area contributed by atoms with Gasteiger partial charge in [-0.15, -0.1) is 0 Å². The molecule has 2 heterocycles. The summed E-state index contributed by atoms with van der Waals surface area (Å²) in [5.41, 5.74) is 2.25. The van der Waals surface area contributed by atoms with Crippen LogP contribution in [0.2, 0.25) is 0 Å². The van der Waals surface area contributed by atoms with Gasteiger partial charge in [-0.1, -0.05) is 6.07 Å². The van der Waals surface area contributed by atoms with E-state index in [0.29, 0.717) is 19.4 Å². The van der Waals surface area contributed by atoms with Crippen LogP contribution in [0, 0.1) is 0 Å². The van der Waals surface area contributed by atoms with Gasteiger partial charge in [0, 0.05) is 37.8 Å². The van der Waals surface area contributed by atoms with Gasteiger partial charge >= 0.3 is 0 Å². The van der Waals surface area contributed by atoms with Crippen molar-refractivity contribution in [1.82, 2.24) is 9.88 Å². The Hall–Kier alpha value is -1.42. The van der Waals surface area contributed by atoms with Crippen molar-refractivity contribution < 1.29 is 9.90 Å². The first-order chi connectivity index (χ1) is 8.16. The van der Waals surface area contributed by atoms with Crippen molar-refractivity contribution in [1.29, 1.82) is 0 Å². The molecular weight excluding hydrogens is 216 g/mol. The van der Waals surface area contributed by atoms with Gasteiger partial charge in [-0.3, -0.25) is 9.78 Å². The normalized spacial score (nSPS) is 16.5. The highest BCUT2D eigenvalue weighted by Crippen LogP contribution is 2.17. The molecule has 0 fully saturated rings. The first-order valence-electron chi connectivity index (χ1n) is 6.05. The lowest BCUT2D eigenvalue weighted by Gasteiger charge is -2.28. The Morgan fingerprint density at radius 1 is 1.65 bits per heavy atom. The van der Waals surface area contributed by atoms with Crippen LogP contribution in [0.1, 0.15) is 31.0 Å². The number of carbonyl (C=O) groups excluding carboxylic acids is 1. The van der Waals surface area contributed by atoms with E-state index >= 15 is 0 Å². The number of fused-ring (bicyclic) bond motifs is 1. The molecule has 1 aromatic heterocycles. The average Bonchev–Trinajstić information content (AvgIpc) is 2.35. The number of aliphatic hydroxyl groups excluding tert-OH is 1. The predicted octanol–water partition coefficient (Wildman–Crippen LogP) is 1.13. The summed E-state index contributed by atoms with van der Waals surface area (Å²) < 4.78 is 0. The maximum atomic E-state index is 11.9. The van der Waals surface area contributed by atoms with Crippen molar-refractivity contribution >= 4 is 5.91 Å². The van der Waals surface area contributed by atoms with E-state index in [0.717, 1.165) is 24.2 Å². The molecule has 4 heteroatoms. The van der Waals surface area contributed by atoms with Gasteiger partial charge in [-0.25, -0.2) is 0 Å². The molecule has 92 valence electrons. The van der Waals surface area contributed by atoms with E-state index < -0.39 is 6.10 Å². The monoisotopic (exact) mass is 234 g/mol. The predicted molar refractivity (Wildman–Crippen MR) is 64.3 cm³/mol. The topological polar surface area (TPSA) is 53.4 Å². The maximum absolute atomic E-state index is 11.9. The SMILES string of the molecule is CC(O)CCC(=O)N1CCc2ncccc2C1. The highest BCUT2D eigenvalue weighted by molar-refractivity contribution is 5.76. The number of hydrogen-bond donors (Lipinski definition) is 1.